The van der Waals surface area contributed by atoms with Crippen molar-refractivity contribution in [3.63, 3.8) is 0 Å². The summed E-state index contributed by atoms with van der Waals surface area (Å²) in [6.07, 6.45) is 3.94. The molecule has 35 heavy (non-hydrogen) atoms. The summed E-state index contributed by atoms with van der Waals surface area (Å²) in [6, 6.07) is 25.7. The van der Waals surface area contributed by atoms with Gasteiger partial charge in [0.05, 0.1) is 35.1 Å². The lowest BCUT2D eigenvalue weighted by atomic mass is 9.96. The number of carbonyl (C=O) groups is 1. The molecule has 1 aliphatic heterocycles. The van der Waals surface area contributed by atoms with Crippen molar-refractivity contribution in [3.05, 3.63) is 133 Å². The van der Waals surface area contributed by atoms with Crippen LogP contribution >= 0.6 is 22.6 Å². The van der Waals surface area contributed by atoms with Gasteiger partial charge in [-0.1, -0.05) is 54.6 Å². The third-order valence-corrected chi connectivity index (χ3v) is 7.23. The molecule has 1 aliphatic rings. The molecule has 1 amide bonds. The number of carbonyl (C=O) groups excluding carboxylic acids is 1. The number of benzene rings is 3. The Morgan fingerprint density at radius 2 is 1.63 bits per heavy atom. The van der Waals surface area contributed by atoms with Crippen LogP contribution in [0.25, 0.3) is 0 Å². The molecule has 8 heteroatoms. The summed E-state index contributed by atoms with van der Waals surface area (Å²) in [5.74, 6) is -0.0863. The van der Waals surface area contributed by atoms with Gasteiger partial charge in [-0.05, 0) is 58.3 Å². The number of rotatable bonds is 6. The van der Waals surface area contributed by atoms with Crippen molar-refractivity contribution in [2.75, 3.05) is 0 Å². The highest BCUT2D eigenvalue weighted by Gasteiger charge is 2.44. The molecule has 5 rings (SSSR count). The second-order valence-corrected chi connectivity index (χ2v) is 9.55. The second-order valence-electron chi connectivity index (χ2n) is 8.39. The van der Waals surface area contributed by atoms with Crippen LogP contribution in [0, 0.1) is 13.7 Å². The van der Waals surface area contributed by atoms with E-state index >= 15 is 0 Å². The minimum atomic E-state index is -0.401. The normalized spacial score (nSPS) is 18.0. The molecule has 1 fully saturated rings. The van der Waals surface area contributed by atoms with Gasteiger partial charge < -0.3 is 4.42 Å². The van der Waals surface area contributed by atoms with Crippen LogP contribution in [-0.2, 0) is 6.54 Å². The maximum absolute atomic E-state index is 14.1. The second kappa shape index (κ2) is 10.0. The summed E-state index contributed by atoms with van der Waals surface area (Å²) in [5, 5.41) is 15.1. The predicted molar refractivity (Wildman–Crippen MR) is 139 cm³/mol. The van der Waals surface area contributed by atoms with Gasteiger partial charge >= 0.3 is 0 Å². The molecule has 7 nitrogen and oxygen atoms in total. The van der Waals surface area contributed by atoms with Gasteiger partial charge in [0.25, 0.3) is 11.6 Å². The standard InChI is InChI=1S/C27H22IN3O4/c28-24-9-5-4-8-23(24)27(32)30-26(20-6-2-1-3-7-20)16-25(29(30)17-19-14-15-35-18-19)21-10-12-22(13-11-21)31(33)34/h1-15,18,25-26H,16-17H2/t25-,26-/m0/s1. The fourth-order valence-corrected chi connectivity index (χ4v) is 5.23. The molecule has 176 valence electrons. The summed E-state index contributed by atoms with van der Waals surface area (Å²) in [5.41, 5.74) is 3.56. The predicted octanol–water partition coefficient (Wildman–Crippen LogP) is 6.54. The van der Waals surface area contributed by atoms with Gasteiger partial charge in [0.1, 0.15) is 0 Å². The third kappa shape index (κ3) is 4.71. The number of hydrogen-bond donors (Lipinski definition) is 0. The topological polar surface area (TPSA) is 79.8 Å². The lowest BCUT2D eigenvalue weighted by molar-refractivity contribution is -0.384. The van der Waals surface area contributed by atoms with Crippen LogP contribution in [0.2, 0.25) is 0 Å². The molecule has 0 saturated carbocycles. The Kier molecular flexibility index (Phi) is 6.65. The van der Waals surface area contributed by atoms with E-state index in [9.17, 15) is 14.9 Å². The molecule has 0 aliphatic carbocycles. The monoisotopic (exact) mass is 579 g/mol. The number of nitro benzene ring substituents is 1. The number of hydrazine groups is 1. The fraction of sp³-hybridized carbons (Fsp3) is 0.148. The van der Waals surface area contributed by atoms with Crippen LogP contribution in [0.5, 0.6) is 0 Å². The SMILES string of the molecule is O=C(c1ccccc1I)N1[C@H](c2ccccc2)C[C@@H](c2ccc([N+](=O)[O-])cc2)N1Cc1ccoc1. The van der Waals surface area contributed by atoms with E-state index in [4.69, 9.17) is 4.42 Å². The number of halogens is 1. The third-order valence-electron chi connectivity index (χ3n) is 6.29. The van der Waals surface area contributed by atoms with Gasteiger partial charge in [0.2, 0.25) is 0 Å². The highest BCUT2D eigenvalue weighted by atomic mass is 127. The highest BCUT2D eigenvalue weighted by molar-refractivity contribution is 14.1. The first-order chi connectivity index (χ1) is 17.0. The largest absolute Gasteiger partial charge is 0.472 e. The zero-order valence-electron chi connectivity index (χ0n) is 18.7. The molecular formula is C27H22IN3O4. The Morgan fingerprint density at radius 3 is 2.29 bits per heavy atom. The van der Waals surface area contributed by atoms with E-state index in [1.165, 1.54) is 12.1 Å². The molecule has 1 aromatic heterocycles. The molecule has 0 spiro atoms. The molecule has 2 atom stereocenters. The molecule has 3 aromatic carbocycles. The first-order valence-electron chi connectivity index (χ1n) is 11.2. The highest BCUT2D eigenvalue weighted by Crippen LogP contribution is 2.46. The lowest BCUT2D eigenvalue weighted by Crippen LogP contribution is -2.43. The Balaban J connectivity index is 1.62. The van der Waals surface area contributed by atoms with E-state index in [0.717, 1.165) is 20.3 Å². The average Bonchev–Trinajstić information content (AvgIpc) is 3.53. The maximum atomic E-state index is 14.1. The van der Waals surface area contributed by atoms with Crippen LogP contribution in [-0.4, -0.2) is 20.8 Å². The van der Waals surface area contributed by atoms with Gasteiger partial charge in [-0.15, -0.1) is 0 Å². The summed E-state index contributed by atoms with van der Waals surface area (Å²) in [4.78, 5) is 24.9. The summed E-state index contributed by atoms with van der Waals surface area (Å²) in [7, 11) is 0. The maximum Gasteiger partial charge on any atom is 0.269 e. The summed E-state index contributed by atoms with van der Waals surface area (Å²) in [6.45, 7) is 0.455. The zero-order chi connectivity index (χ0) is 24.4. The van der Waals surface area contributed by atoms with E-state index in [1.54, 1.807) is 24.7 Å². The molecule has 4 aromatic rings. The van der Waals surface area contributed by atoms with E-state index in [-0.39, 0.29) is 23.7 Å². The van der Waals surface area contributed by atoms with Crippen molar-refractivity contribution >= 4 is 34.2 Å². The van der Waals surface area contributed by atoms with Crippen LogP contribution < -0.4 is 0 Å². The Hall–Kier alpha value is -3.50. The molecule has 0 radical (unpaired) electrons. The first kappa shape index (κ1) is 23.3. The quantitative estimate of drug-likeness (QED) is 0.147. The minimum absolute atomic E-state index is 0.0412. The molecule has 2 heterocycles. The lowest BCUT2D eigenvalue weighted by Gasteiger charge is -2.35. The Morgan fingerprint density at radius 1 is 0.943 bits per heavy atom. The molecule has 1 saturated heterocycles. The van der Waals surface area contributed by atoms with Crippen LogP contribution in [0.1, 0.15) is 45.6 Å². The van der Waals surface area contributed by atoms with Crippen molar-refractivity contribution in [1.82, 2.24) is 10.0 Å². The zero-order valence-corrected chi connectivity index (χ0v) is 20.8. The van der Waals surface area contributed by atoms with Gasteiger partial charge in [-0.25, -0.2) is 5.01 Å². The van der Waals surface area contributed by atoms with Crippen molar-refractivity contribution in [1.29, 1.82) is 0 Å². The number of non-ortho nitro benzene ring substituents is 1. The van der Waals surface area contributed by atoms with E-state index in [2.05, 4.69) is 27.6 Å². The van der Waals surface area contributed by atoms with E-state index in [1.807, 2.05) is 65.7 Å². The average molecular weight is 579 g/mol. The first-order valence-corrected chi connectivity index (χ1v) is 12.3. The number of furan rings is 1. The number of hydrogen-bond acceptors (Lipinski definition) is 5. The van der Waals surface area contributed by atoms with Crippen molar-refractivity contribution < 1.29 is 14.1 Å². The number of nitrogens with zero attached hydrogens (tertiary/aromatic N) is 3. The smallest absolute Gasteiger partial charge is 0.269 e. The van der Waals surface area contributed by atoms with E-state index in [0.29, 0.717) is 18.5 Å². The van der Waals surface area contributed by atoms with Crippen molar-refractivity contribution in [3.8, 4) is 0 Å². The Labute approximate surface area is 216 Å². The molecule has 0 N–H and O–H groups in total. The Bertz CT molecular complexity index is 1330. The summed E-state index contributed by atoms with van der Waals surface area (Å²) >= 11 is 2.20. The van der Waals surface area contributed by atoms with Gasteiger partial charge in [-0.2, -0.15) is 0 Å². The van der Waals surface area contributed by atoms with E-state index < -0.39 is 4.92 Å². The minimum Gasteiger partial charge on any atom is -0.472 e. The number of amides is 1. The molecular weight excluding hydrogens is 557 g/mol. The number of nitro groups is 1. The van der Waals surface area contributed by atoms with Crippen LogP contribution in [0.15, 0.2) is 102 Å². The molecule has 0 bridgehead atoms. The van der Waals surface area contributed by atoms with Crippen LogP contribution in [0.4, 0.5) is 5.69 Å². The fourth-order valence-electron chi connectivity index (χ4n) is 4.61. The van der Waals surface area contributed by atoms with Gasteiger partial charge in [-0.3, -0.25) is 19.9 Å². The van der Waals surface area contributed by atoms with Gasteiger partial charge in [0.15, 0.2) is 0 Å². The van der Waals surface area contributed by atoms with Gasteiger partial charge in [0, 0.05) is 27.8 Å². The van der Waals surface area contributed by atoms with Crippen molar-refractivity contribution in [2.45, 2.75) is 25.0 Å². The molecule has 0 unspecified atom stereocenters. The van der Waals surface area contributed by atoms with Crippen LogP contribution in [0.3, 0.4) is 0 Å². The summed E-state index contributed by atoms with van der Waals surface area (Å²) < 4.78 is 6.19. The van der Waals surface area contributed by atoms with Crippen molar-refractivity contribution in [2.24, 2.45) is 0 Å².